The smallest absolute Gasteiger partial charge is 0.329 e. The fraction of sp³-hybridized carbons (Fsp3) is 0.321. The van der Waals surface area contributed by atoms with Gasteiger partial charge in [-0.1, -0.05) is 128 Å². The Morgan fingerprint density at radius 1 is 0.815 bits per heavy atom. The summed E-state index contributed by atoms with van der Waals surface area (Å²) in [6.45, 7) is 1.48. The van der Waals surface area contributed by atoms with Crippen molar-refractivity contribution >= 4 is 29.6 Å². The Hall–Kier alpha value is -6.78. The maximum atomic E-state index is 16.2. The van der Waals surface area contributed by atoms with E-state index in [1.807, 2.05) is 95.9 Å². The quantitative estimate of drug-likeness (QED) is 0.0655. The number of nitrogens with zero attached hydrogens (tertiary/aromatic N) is 2. The molecule has 4 aliphatic rings. The lowest BCUT2D eigenvalue weighted by Crippen LogP contribution is -2.54. The zero-order valence-corrected chi connectivity index (χ0v) is 36.0. The molecule has 3 heterocycles. The highest BCUT2D eigenvalue weighted by Crippen LogP contribution is 2.66. The summed E-state index contributed by atoms with van der Waals surface area (Å²) in [5.74, 6) is 1.69. The Labute approximate surface area is 377 Å². The Morgan fingerprint density at radius 3 is 2.12 bits per heavy atom. The van der Waals surface area contributed by atoms with Crippen molar-refractivity contribution in [2.24, 2.45) is 5.92 Å². The molecule has 9 rings (SSSR count). The average molecular weight is 874 g/mol. The van der Waals surface area contributed by atoms with Crippen molar-refractivity contribution in [2.75, 3.05) is 18.1 Å². The molecule has 5 aromatic rings. The summed E-state index contributed by atoms with van der Waals surface area (Å²) in [5.41, 5.74) is -0.128. The molecule has 12 heteroatoms. The normalized spacial score (nSPS) is 25.0. The van der Waals surface area contributed by atoms with Gasteiger partial charge in [0.05, 0.1) is 30.4 Å². The first kappa shape index (κ1) is 43.5. The van der Waals surface area contributed by atoms with Crippen LogP contribution in [0.25, 0.3) is 0 Å². The number of hydrogen-bond donors (Lipinski definition) is 4. The third kappa shape index (κ3) is 7.84. The number of urea groups is 1. The molecule has 3 amide bonds. The van der Waals surface area contributed by atoms with E-state index in [4.69, 9.17) is 9.47 Å². The van der Waals surface area contributed by atoms with Crippen LogP contribution in [0.5, 0.6) is 5.75 Å². The number of rotatable bonds is 9. The van der Waals surface area contributed by atoms with Gasteiger partial charge in [0.2, 0.25) is 5.91 Å². The molecule has 2 saturated heterocycles. The Balaban J connectivity index is 1.32. The maximum Gasteiger partial charge on any atom is 0.329 e. The second kappa shape index (κ2) is 18.0. The first-order valence-corrected chi connectivity index (χ1v) is 22.3. The van der Waals surface area contributed by atoms with Gasteiger partial charge in [-0.25, -0.2) is 9.69 Å². The van der Waals surface area contributed by atoms with E-state index in [2.05, 4.69) is 17.2 Å². The number of hydrogen-bond acceptors (Lipinski definition) is 9. The summed E-state index contributed by atoms with van der Waals surface area (Å²) in [6.07, 6.45) is 3.68. The van der Waals surface area contributed by atoms with Crippen molar-refractivity contribution in [3.63, 3.8) is 0 Å². The molecular weight excluding hydrogens is 823 g/mol. The molecule has 0 aromatic heterocycles. The van der Waals surface area contributed by atoms with Crippen LogP contribution < -0.4 is 15.0 Å². The van der Waals surface area contributed by atoms with Gasteiger partial charge in [-0.3, -0.25) is 19.3 Å². The molecule has 1 spiro atoms. The van der Waals surface area contributed by atoms with Crippen LogP contribution in [0.2, 0.25) is 0 Å². The number of esters is 1. The topological polar surface area (TPSA) is 166 Å². The number of carboxylic acids is 1. The van der Waals surface area contributed by atoms with Gasteiger partial charge in [0, 0.05) is 5.56 Å². The highest BCUT2D eigenvalue weighted by atomic mass is 16.6. The number of imide groups is 1. The van der Waals surface area contributed by atoms with Crippen molar-refractivity contribution in [2.45, 2.75) is 86.7 Å². The molecule has 65 heavy (non-hydrogen) atoms. The van der Waals surface area contributed by atoms with Crippen LogP contribution in [0.4, 0.5) is 10.5 Å². The zero-order valence-electron chi connectivity index (χ0n) is 36.0. The third-order valence-electron chi connectivity index (χ3n) is 13.5. The Morgan fingerprint density at radius 2 is 1.46 bits per heavy atom. The summed E-state index contributed by atoms with van der Waals surface area (Å²) in [7, 11) is 0. The lowest BCUT2D eigenvalue weighted by molar-refractivity contribution is -0.179. The van der Waals surface area contributed by atoms with E-state index < -0.39 is 71.1 Å². The molecule has 7 atom stereocenters. The monoisotopic (exact) mass is 873 g/mol. The lowest BCUT2D eigenvalue weighted by Gasteiger charge is -2.46. The number of carboxylic acid groups (broad SMARTS) is 1. The minimum atomic E-state index is -2.18. The number of aliphatic carboxylic acids is 1. The number of morpholine rings is 1. The minimum Gasteiger partial charge on any atom is -0.491 e. The molecule has 332 valence electrons. The fourth-order valence-corrected chi connectivity index (χ4v) is 10.6. The summed E-state index contributed by atoms with van der Waals surface area (Å²) in [6, 6.07) is 34.6. The van der Waals surface area contributed by atoms with Crippen molar-refractivity contribution in [1.29, 1.82) is 0 Å². The summed E-state index contributed by atoms with van der Waals surface area (Å²) in [5, 5.41) is 36.0. The van der Waals surface area contributed by atoms with Gasteiger partial charge in [0.15, 0.2) is 0 Å². The molecule has 3 aliphatic heterocycles. The van der Waals surface area contributed by atoms with E-state index in [-0.39, 0.29) is 24.5 Å². The number of benzene rings is 5. The van der Waals surface area contributed by atoms with Crippen molar-refractivity contribution < 1.29 is 44.0 Å². The summed E-state index contributed by atoms with van der Waals surface area (Å²) < 4.78 is 12.3. The number of carbonyl (C=O) groups excluding carboxylic acids is 3. The van der Waals surface area contributed by atoms with E-state index >= 15 is 4.79 Å². The molecule has 1 aliphatic carbocycles. The first-order chi connectivity index (χ1) is 31.6. The van der Waals surface area contributed by atoms with Crippen LogP contribution in [0, 0.1) is 17.8 Å². The maximum absolute atomic E-state index is 16.2. The third-order valence-corrected chi connectivity index (χ3v) is 13.5. The number of nitrogens with one attached hydrogen (secondary N) is 1. The van der Waals surface area contributed by atoms with E-state index in [0.29, 0.717) is 40.8 Å². The second-order valence-corrected chi connectivity index (χ2v) is 17.4. The molecular formula is C53H51N3O9. The van der Waals surface area contributed by atoms with Gasteiger partial charge in [-0.15, -0.1) is 0 Å². The molecule has 0 radical (unpaired) electrons. The van der Waals surface area contributed by atoms with Gasteiger partial charge in [0.25, 0.3) is 0 Å². The van der Waals surface area contributed by atoms with Crippen molar-refractivity contribution in [3.8, 4) is 17.6 Å². The predicted octanol–water partition coefficient (Wildman–Crippen LogP) is 7.72. The molecule has 12 nitrogen and oxygen atoms in total. The number of aliphatic hydroxyl groups is 2. The standard InChI is InChI=1S/C53H51N3O9/c1-34(36-16-7-4-8-17-36)54-51(62)55-42-25-24-35(26-29-52(63)27-13-2-3-14-28-52)32-41(42)53(50(55)61)43(48(58)59)45-49(60)65-46(38-20-11-6-12-21-38)44(37-18-9-5-10-19-37)56(45)47(53)39-22-15-23-40(33-39)64-31-30-57/h4-12,15-25,32-34,43-47,57,63H,2-3,13-14,27-28,30-31H2,1H3,(H,54,62)(H,58,59)/t34-,43+,44+,45+,46-,47-,53+/m1/s1. The zero-order chi connectivity index (χ0) is 45.3. The lowest BCUT2D eigenvalue weighted by atomic mass is 9.65. The molecule has 4 N–H and O–H groups in total. The molecule has 5 aromatic carbocycles. The summed E-state index contributed by atoms with van der Waals surface area (Å²) >= 11 is 0. The number of anilines is 1. The van der Waals surface area contributed by atoms with E-state index in [0.717, 1.165) is 36.1 Å². The second-order valence-electron chi connectivity index (χ2n) is 17.4. The average Bonchev–Trinajstić information content (AvgIpc) is 3.67. The number of fused-ring (bicyclic) bond motifs is 3. The number of cyclic esters (lactones) is 1. The van der Waals surface area contributed by atoms with E-state index in [1.54, 1.807) is 49.4 Å². The van der Waals surface area contributed by atoms with Gasteiger partial charge in [-0.05, 0) is 90.8 Å². The van der Waals surface area contributed by atoms with Crippen molar-refractivity contribution in [1.82, 2.24) is 10.2 Å². The summed E-state index contributed by atoms with van der Waals surface area (Å²) in [4.78, 5) is 63.3. The number of carbonyl (C=O) groups is 4. The van der Waals surface area contributed by atoms with E-state index in [9.17, 15) is 29.7 Å². The van der Waals surface area contributed by atoms with Crippen LogP contribution in [-0.2, 0) is 24.5 Å². The van der Waals surface area contributed by atoms with Gasteiger partial charge < -0.3 is 30.1 Å². The van der Waals surface area contributed by atoms with E-state index in [1.165, 1.54) is 0 Å². The Kier molecular flexibility index (Phi) is 12.0. The van der Waals surface area contributed by atoms with Crippen LogP contribution >= 0.6 is 0 Å². The minimum absolute atomic E-state index is 0.0396. The van der Waals surface area contributed by atoms with Gasteiger partial charge in [-0.2, -0.15) is 0 Å². The van der Waals surface area contributed by atoms with Gasteiger partial charge >= 0.3 is 18.0 Å². The molecule has 1 saturated carbocycles. The molecule has 0 bridgehead atoms. The van der Waals surface area contributed by atoms with Crippen molar-refractivity contribution in [3.05, 3.63) is 167 Å². The predicted molar refractivity (Wildman–Crippen MR) is 241 cm³/mol. The molecule has 3 fully saturated rings. The number of ether oxygens (including phenoxy) is 2. The highest BCUT2D eigenvalue weighted by molar-refractivity contribution is 6.24. The SMILES string of the molecule is C[C@@H](NC(=O)N1C(=O)[C@@]2(c3cc(C#CC4(O)CCCCCC4)ccc31)[C@H](C(=O)O)[C@H]1C(=O)O[C@H](c3ccccc3)[C@H](c3ccccc3)N1[C@@H]2c1cccc(OCCO)c1)c1ccccc1. The first-order valence-electron chi connectivity index (χ1n) is 22.3. The molecule has 0 unspecified atom stereocenters. The van der Waals surface area contributed by atoms with Gasteiger partial charge in [0.1, 0.15) is 41.4 Å². The number of amides is 3. The van der Waals surface area contributed by atoms with Crippen LogP contribution in [-0.4, -0.2) is 69.0 Å². The van der Waals surface area contributed by atoms with Crippen LogP contribution in [0.1, 0.15) is 103 Å². The highest BCUT2D eigenvalue weighted by Gasteiger charge is 2.76. The Bertz CT molecular complexity index is 2640. The number of aliphatic hydroxyl groups excluding tert-OH is 1. The van der Waals surface area contributed by atoms with Crippen LogP contribution in [0.15, 0.2) is 133 Å². The fourth-order valence-electron chi connectivity index (χ4n) is 10.6. The van der Waals surface area contributed by atoms with Crippen LogP contribution in [0.3, 0.4) is 0 Å². The largest absolute Gasteiger partial charge is 0.491 e.